The molecule has 0 saturated carbocycles. The Kier molecular flexibility index (Phi) is 8.71. The van der Waals surface area contributed by atoms with Gasteiger partial charge < -0.3 is 25.0 Å². The van der Waals surface area contributed by atoms with E-state index in [-0.39, 0.29) is 34.8 Å². The second-order valence-electron chi connectivity index (χ2n) is 9.49. The van der Waals surface area contributed by atoms with Gasteiger partial charge in [-0.2, -0.15) is 15.3 Å². The van der Waals surface area contributed by atoms with E-state index in [1.54, 1.807) is 38.7 Å². The van der Waals surface area contributed by atoms with Gasteiger partial charge in [-0.15, -0.1) is 5.12 Å². The Morgan fingerprint density at radius 1 is 1.25 bits per heavy atom. The molecule has 3 aromatic rings. The van der Waals surface area contributed by atoms with E-state index in [0.717, 1.165) is 5.12 Å². The number of morpholine rings is 1. The van der Waals surface area contributed by atoms with Gasteiger partial charge in [-0.05, 0) is 33.8 Å². The predicted octanol–water partition coefficient (Wildman–Crippen LogP) is 4.81. The summed E-state index contributed by atoms with van der Waals surface area (Å²) in [5.41, 5.74) is 0.811. The number of nitrogens with zero attached hydrogens (tertiary/aromatic N) is 8. The highest BCUT2D eigenvalue weighted by molar-refractivity contribution is 6.33. The number of pyridine rings is 1. The lowest BCUT2D eigenvalue weighted by Crippen LogP contribution is -2.45. The molecule has 0 aromatic carbocycles. The van der Waals surface area contributed by atoms with Gasteiger partial charge in [-0.25, -0.2) is 24.1 Å². The zero-order valence-corrected chi connectivity index (χ0v) is 23.8. The third kappa shape index (κ3) is 6.76. The fraction of sp³-hybridized carbons (Fsp3) is 0.375. The van der Waals surface area contributed by atoms with Crippen LogP contribution in [-0.4, -0.2) is 74.8 Å². The normalized spacial score (nSPS) is 15.8. The Morgan fingerprint density at radius 3 is 2.70 bits per heavy atom. The number of rotatable bonds is 6. The summed E-state index contributed by atoms with van der Waals surface area (Å²) in [4.78, 5) is 35.8. The predicted molar refractivity (Wildman–Crippen MR) is 153 cm³/mol. The number of nitrogens with one attached hydrogen (secondary N) is 2. The maximum Gasteiger partial charge on any atom is 0.410 e. The summed E-state index contributed by atoms with van der Waals surface area (Å²) in [6.07, 6.45) is 3.21. The van der Waals surface area contributed by atoms with Gasteiger partial charge >= 0.3 is 12.1 Å². The van der Waals surface area contributed by atoms with Gasteiger partial charge in [0.1, 0.15) is 17.4 Å². The van der Waals surface area contributed by atoms with E-state index in [9.17, 15) is 9.59 Å². The minimum absolute atomic E-state index is 0.150. The van der Waals surface area contributed by atoms with Crippen molar-refractivity contribution in [3.63, 3.8) is 0 Å². The molecule has 3 amide bonds. The molecule has 3 aromatic heterocycles. The molecule has 4 heterocycles. The molecule has 14 nitrogen and oxygen atoms in total. The summed E-state index contributed by atoms with van der Waals surface area (Å²) < 4.78 is 13.0. The molecule has 1 aliphatic heterocycles. The first-order chi connectivity index (χ1) is 19.0. The second-order valence-corrected chi connectivity index (χ2v) is 10.3. The van der Waals surface area contributed by atoms with Crippen molar-refractivity contribution < 1.29 is 19.1 Å². The molecule has 2 N–H and O–H groups in total. The van der Waals surface area contributed by atoms with Crippen LogP contribution >= 0.6 is 23.2 Å². The van der Waals surface area contributed by atoms with E-state index in [0.29, 0.717) is 23.6 Å². The van der Waals surface area contributed by atoms with Gasteiger partial charge in [0.05, 0.1) is 41.9 Å². The molecule has 0 aliphatic carbocycles. The molecule has 16 heteroatoms. The highest BCUT2D eigenvalue weighted by Crippen LogP contribution is 2.31. The van der Waals surface area contributed by atoms with Crippen LogP contribution in [0.1, 0.15) is 39.5 Å². The van der Waals surface area contributed by atoms with Gasteiger partial charge in [-0.1, -0.05) is 23.2 Å². The zero-order valence-electron chi connectivity index (χ0n) is 22.3. The third-order valence-electron chi connectivity index (χ3n) is 5.39. The first kappa shape index (κ1) is 29.0. The van der Waals surface area contributed by atoms with Gasteiger partial charge in [-0.3, -0.25) is 0 Å². The number of hydrazone groups is 2. The molecule has 1 aliphatic rings. The lowest BCUT2D eigenvalue weighted by molar-refractivity contribution is -0.0451. The number of anilines is 3. The standard InChI is InChI=1S/C24H28Cl2N10O4/c1-6-30-36(27-5)21-15(25)9-14(11-29-21)31-22(37)32-16-12-28-19-10-18(26)33-35(19)20(16)17-13-34(7-8-39-17)23(38)40-24(2,3)4/h6,9-12,17H,5,7-8,13H2,1-4H3,(H2,31,32,37)/b30-6-. The number of amides is 3. The van der Waals surface area contributed by atoms with E-state index in [1.807, 2.05) is 0 Å². The van der Waals surface area contributed by atoms with Crippen LogP contribution in [0.4, 0.5) is 26.8 Å². The monoisotopic (exact) mass is 590 g/mol. The van der Waals surface area contributed by atoms with Gasteiger partial charge in [0, 0.05) is 25.5 Å². The quantitative estimate of drug-likeness (QED) is 0.306. The lowest BCUT2D eigenvalue weighted by Gasteiger charge is -2.34. The number of urea groups is 1. The van der Waals surface area contributed by atoms with E-state index in [4.69, 9.17) is 32.7 Å². The maximum absolute atomic E-state index is 13.0. The molecule has 1 unspecified atom stereocenters. The smallest absolute Gasteiger partial charge is 0.410 e. The van der Waals surface area contributed by atoms with Crippen molar-refractivity contribution in [3.8, 4) is 0 Å². The topological polar surface area (TPSA) is 151 Å². The fourth-order valence-electron chi connectivity index (χ4n) is 3.84. The molecule has 1 saturated heterocycles. The number of fused-ring (bicyclic) bond motifs is 1. The summed E-state index contributed by atoms with van der Waals surface area (Å²) in [6.45, 7) is 11.3. The van der Waals surface area contributed by atoms with Crippen LogP contribution < -0.4 is 15.8 Å². The molecule has 40 heavy (non-hydrogen) atoms. The number of carbonyl (C=O) groups is 2. The average molecular weight is 591 g/mol. The molecule has 1 atom stereocenters. The number of carbonyl (C=O) groups excluding carboxylic acids is 2. The van der Waals surface area contributed by atoms with Crippen molar-refractivity contribution in [2.45, 2.75) is 39.4 Å². The Balaban J connectivity index is 1.58. The van der Waals surface area contributed by atoms with E-state index in [2.05, 4.69) is 42.6 Å². The van der Waals surface area contributed by atoms with Crippen molar-refractivity contribution in [1.82, 2.24) is 24.5 Å². The molecule has 4 rings (SSSR count). The fourth-order valence-corrected chi connectivity index (χ4v) is 4.25. The molecule has 0 bridgehead atoms. The Bertz CT molecular complexity index is 1460. The van der Waals surface area contributed by atoms with E-state index >= 15 is 0 Å². The van der Waals surface area contributed by atoms with Gasteiger partial charge in [0.15, 0.2) is 16.6 Å². The van der Waals surface area contributed by atoms with Crippen LogP contribution in [0.25, 0.3) is 5.65 Å². The minimum atomic E-state index is -0.676. The van der Waals surface area contributed by atoms with Crippen LogP contribution in [0.2, 0.25) is 10.2 Å². The summed E-state index contributed by atoms with van der Waals surface area (Å²) in [5.74, 6) is 0.234. The number of hydrogen-bond acceptors (Lipinski definition) is 10. The van der Waals surface area contributed by atoms with Crippen molar-refractivity contribution >= 4 is 71.1 Å². The Labute approximate surface area is 239 Å². The SMILES string of the molecule is C=NN(/N=C\C)c1ncc(NC(=O)Nc2cnc3cc(Cl)nn3c2C2CN(C(=O)OC(C)(C)C)CCO2)cc1Cl. The number of hydrogen-bond donors (Lipinski definition) is 2. The van der Waals surface area contributed by atoms with Gasteiger partial charge in [0.2, 0.25) is 0 Å². The zero-order chi connectivity index (χ0) is 29.0. The molecule has 0 radical (unpaired) electrons. The highest BCUT2D eigenvalue weighted by atomic mass is 35.5. The van der Waals surface area contributed by atoms with Crippen LogP contribution in [-0.2, 0) is 9.47 Å². The van der Waals surface area contributed by atoms with Gasteiger partial charge in [0.25, 0.3) is 0 Å². The van der Waals surface area contributed by atoms with E-state index < -0.39 is 23.8 Å². The molecular weight excluding hydrogens is 563 g/mol. The first-order valence-corrected chi connectivity index (χ1v) is 12.9. The maximum atomic E-state index is 13.0. The summed E-state index contributed by atoms with van der Waals surface area (Å²) in [5, 5.41) is 19.0. The molecule has 212 valence electrons. The summed E-state index contributed by atoms with van der Waals surface area (Å²) in [7, 11) is 0. The Hall–Kier alpha value is -4.01. The largest absolute Gasteiger partial charge is 0.444 e. The first-order valence-electron chi connectivity index (χ1n) is 12.1. The van der Waals surface area contributed by atoms with E-state index in [1.165, 1.54) is 29.2 Å². The third-order valence-corrected chi connectivity index (χ3v) is 5.85. The number of aromatic nitrogens is 4. The van der Waals surface area contributed by atoms with Crippen molar-refractivity contribution in [2.24, 2.45) is 10.2 Å². The van der Waals surface area contributed by atoms with Crippen LogP contribution in [0.5, 0.6) is 0 Å². The Morgan fingerprint density at radius 2 is 2.02 bits per heavy atom. The van der Waals surface area contributed by atoms with Crippen LogP contribution in [0.15, 0.2) is 34.7 Å². The number of halogens is 2. The summed E-state index contributed by atoms with van der Waals surface area (Å²) in [6, 6.07) is 2.45. The lowest BCUT2D eigenvalue weighted by atomic mass is 10.1. The van der Waals surface area contributed by atoms with Crippen molar-refractivity contribution in [1.29, 1.82) is 0 Å². The average Bonchev–Trinajstić information content (AvgIpc) is 3.26. The van der Waals surface area contributed by atoms with Crippen LogP contribution in [0.3, 0.4) is 0 Å². The molecule has 1 fully saturated rings. The minimum Gasteiger partial charge on any atom is -0.444 e. The molecule has 0 spiro atoms. The van der Waals surface area contributed by atoms with Crippen molar-refractivity contribution in [2.75, 3.05) is 35.4 Å². The highest BCUT2D eigenvalue weighted by Gasteiger charge is 2.32. The van der Waals surface area contributed by atoms with Crippen LogP contribution in [0, 0.1) is 0 Å². The number of ether oxygens (including phenoxy) is 2. The second kappa shape index (κ2) is 12.0. The van der Waals surface area contributed by atoms with Crippen molar-refractivity contribution in [3.05, 3.63) is 40.4 Å². The summed E-state index contributed by atoms with van der Waals surface area (Å²) >= 11 is 12.5. The molecular formula is C24H28Cl2N10O4.